The molecule has 0 aromatic carbocycles. The van der Waals surface area contributed by atoms with Crippen LogP contribution in [0.25, 0.3) is 0 Å². The van der Waals surface area contributed by atoms with Crippen molar-refractivity contribution < 1.29 is 8.42 Å². The minimum atomic E-state index is -3.70. The van der Waals surface area contributed by atoms with Crippen molar-refractivity contribution in [2.75, 3.05) is 4.72 Å². The van der Waals surface area contributed by atoms with Gasteiger partial charge in [-0.05, 0) is 25.5 Å². The fourth-order valence-electron chi connectivity index (χ4n) is 1.94. The van der Waals surface area contributed by atoms with Gasteiger partial charge in [-0.3, -0.25) is 9.40 Å². The predicted octanol–water partition coefficient (Wildman–Crippen LogP) is 0.691. The summed E-state index contributed by atoms with van der Waals surface area (Å²) in [5, 5.41) is 4.11. The summed E-state index contributed by atoms with van der Waals surface area (Å²) < 4.78 is 28.7. The third-order valence-electron chi connectivity index (χ3n) is 3.01. The molecular formula is C12H17N5O2S. The van der Waals surface area contributed by atoms with Gasteiger partial charge in [0.1, 0.15) is 10.7 Å². The lowest BCUT2D eigenvalue weighted by Crippen LogP contribution is -2.16. The summed E-state index contributed by atoms with van der Waals surface area (Å²) in [6.07, 6.45) is 1.54. The molecule has 7 nitrogen and oxygen atoms in total. The highest BCUT2D eigenvalue weighted by Gasteiger charge is 2.24. The molecule has 0 saturated heterocycles. The van der Waals surface area contributed by atoms with E-state index >= 15 is 0 Å². The van der Waals surface area contributed by atoms with Gasteiger partial charge in [-0.2, -0.15) is 5.10 Å². The molecule has 0 radical (unpaired) electrons. The first-order chi connectivity index (χ1) is 9.35. The third kappa shape index (κ3) is 2.66. The van der Waals surface area contributed by atoms with Crippen molar-refractivity contribution in [3.63, 3.8) is 0 Å². The number of nitrogens with zero attached hydrogens (tertiary/aromatic N) is 3. The Labute approximate surface area is 117 Å². The first kappa shape index (κ1) is 14.5. The number of hydrogen-bond acceptors (Lipinski definition) is 5. The number of aryl methyl sites for hydroxylation is 2. The van der Waals surface area contributed by atoms with E-state index in [1.54, 1.807) is 39.2 Å². The number of hydrogen-bond donors (Lipinski definition) is 2. The van der Waals surface area contributed by atoms with E-state index < -0.39 is 10.0 Å². The van der Waals surface area contributed by atoms with Crippen molar-refractivity contribution in [3.8, 4) is 0 Å². The zero-order chi connectivity index (χ0) is 14.9. The summed E-state index contributed by atoms with van der Waals surface area (Å²) in [5.41, 5.74) is 7.34. The second-order valence-electron chi connectivity index (χ2n) is 4.48. The largest absolute Gasteiger partial charge is 0.326 e. The SMILES string of the molecule is Cc1nn(C)c(C)c1S(=O)(=O)Nc1ccc(CN)cn1. The molecule has 0 bridgehead atoms. The second-order valence-corrected chi connectivity index (χ2v) is 6.10. The predicted molar refractivity (Wildman–Crippen MR) is 75.6 cm³/mol. The quantitative estimate of drug-likeness (QED) is 0.864. The van der Waals surface area contributed by atoms with E-state index in [1.165, 1.54) is 4.68 Å². The van der Waals surface area contributed by atoms with Crippen molar-refractivity contribution in [1.82, 2.24) is 14.8 Å². The Kier molecular flexibility index (Phi) is 3.78. The zero-order valence-corrected chi connectivity index (χ0v) is 12.4. The van der Waals surface area contributed by atoms with Crippen LogP contribution < -0.4 is 10.5 Å². The summed E-state index contributed by atoms with van der Waals surface area (Å²) in [4.78, 5) is 4.21. The van der Waals surface area contributed by atoms with Crippen LogP contribution in [0.15, 0.2) is 23.2 Å². The minimum absolute atomic E-state index is 0.185. The molecular weight excluding hydrogens is 278 g/mol. The molecule has 2 aromatic heterocycles. The number of aromatic nitrogens is 3. The van der Waals surface area contributed by atoms with Gasteiger partial charge in [0, 0.05) is 19.8 Å². The normalized spacial score (nSPS) is 11.6. The molecule has 2 rings (SSSR count). The Balaban J connectivity index is 2.35. The maximum Gasteiger partial charge on any atom is 0.266 e. The molecule has 0 aliphatic rings. The number of rotatable bonds is 4. The molecule has 0 amide bonds. The highest BCUT2D eigenvalue weighted by molar-refractivity contribution is 7.92. The Morgan fingerprint density at radius 1 is 1.35 bits per heavy atom. The van der Waals surface area contributed by atoms with Gasteiger partial charge in [-0.15, -0.1) is 0 Å². The van der Waals surface area contributed by atoms with Gasteiger partial charge in [0.15, 0.2) is 0 Å². The maximum atomic E-state index is 12.4. The first-order valence-electron chi connectivity index (χ1n) is 6.03. The minimum Gasteiger partial charge on any atom is -0.326 e. The molecule has 0 aliphatic carbocycles. The van der Waals surface area contributed by atoms with Gasteiger partial charge < -0.3 is 5.73 Å². The highest BCUT2D eigenvalue weighted by Crippen LogP contribution is 2.21. The van der Waals surface area contributed by atoms with Gasteiger partial charge in [0.2, 0.25) is 0 Å². The monoisotopic (exact) mass is 295 g/mol. The van der Waals surface area contributed by atoms with E-state index in [4.69, 9.17) is 5.73 Å². The molecule has 0 unspecified atom stereocenters. The van der Waals surface area contributed by atoms with E-state index in [0.29, 0.717) is 17.9 Å². The van der Waals surface area contributed by atoms with Crippen LogP contribution >= 0.6 is 0 Å². The van der Waals surface area contributed by atoms with Crippen LogP contribution in [-0.2, 0) is 23.6 Å². The average Bonchev–Trinajstić information content (AvgIpc) is 2.64. The van der Waals surface area contributed by atoms with E-state index in [2.05, 4.69) is 14.8 Å². The Bertz CT molecular complexity index is 719. The molecule has 0 saturated carbocycles. The van der Waals surface area contributed by atoms with Gasteiger partial charge in [0.05, 0.1) is 11.4 Å². The summed E-state index contributed by atoms with van der Waals surface area (Å²) in [6, 6.07) is 3.31. The van der Waals surface area contributed by atoms with E-state index in [0.717, 1.165) is 5.56 Å². The van der Waals surface area contributed by atoms with Crippen LogP contribution in [-0.4, -0.2) is 23.2 Å². The summed E-state index contributed by atoms with van der Waals surface area (Å²) in [7, 11) is -2.00. The molecule has 3 N–H and O–H groups in total. The van der Waals surface area contributed by atoms with E-state index in [1.807, 2.05) is 0 Å². The summed E-state index contributed by atoms with van der Waals surface area (Å²) in [5.74, 6) is 0.254. The van der Waals surface area contributed by atoms with Crippen LogP contribution in [0.1, 0.15) is 17.0 Å². The number of anilines is 1. The first-order valence-corrected chi connectivity index (χ1v) is 7.51. The fraction of sp³-hybridized carbons (Fsp3) is 0.333. The molecule has 0 spiro atoms. The van der Waals surface area contributed by atoms with Crippen molar-refractivity contribution in [2.24, 2.45) is 12.8 Å². The number of nitrogens with one attached hydrogen (secondary N) is 1. The lowest BCUT2D eigenvalue weighted by atomic mass is 10.3. The maximum absolute atomic E-state index is 12.4. The van der Waals surface area contributed by atoms with Crippen LogP contribution in [0.4, 0.5) is 5.82 Å². The molecule has 108 valence electrons. The molecule has 0 atom stereocenters. The van der Waals surface area contributed by atoms with E-state index in [9.17, 15) is 8.42 Å². The molecule has 2 heterocycles. The number of nitrogens with two attached hydrogens (primary N) is 1. The van der Waals surface area contributed by atoms with Gasteiger partial charge in [-0.25, -0.2) is 13.4 Å². The molecule has 2 aromatic rings. The van der Waals surface area contributed by atoms with Crippen molar-refractivity contribution in [3.05, 3.63) is 35.3 Å². The molecule has 20 heavy (non-hydrogen) atoms. The van der Waals surface area contributed by atoms with Crippen LogP contribution in [0, 0.1) is 13.8 Å². The fourth-order valence-corrected chi connectivity index (χ4v) is 3.39. The lowest BCUT2D eigenvalue weighted by Gasteiger charge is -2.08. The average molecular weight is 295 g/mol. The summed E-state index contributed by atoms with van der Waals surface area (Å²) in [6.45, 7) is 3.73. The zero-order valence-electron chi connectivity index (χ0n) is 11.6. The Morgan fingerprint density at radius 2 is 2.05 bits per heavy atom. The third-order valence-corrected chi connectivity index (χ3v) is 4.62. The Morgan fingerprint density at radius 3 is 2.50 bits per heavy atom. The second kappa shape index (κ2) is 5.22. The summed E-state index contributed by atoms with van der Waals surface area (Å²) >= 11 is 0. The van der Waals surface area contributed by atoms with Gasteiger partial charge >= 0.3 is 0 Å². The topological polar surface area (TPSA) is 103 Å². The van der Waals surface area contributed by atoms with Crippen LogP contribution in [0.5, 0.6) is 0 Å². The van der Waals surface area contributed by atoms with Crippen LogP contribution in [0.2, 0.25) is 0 Å². The molecule has 8 heteroatoms. The smallest absolute Gasteiger partial charge is 0.266 e. The Hall–Kier alpha value is -1.93. The van der Waals surface area contributed by atoms with Gasteiger partial charge in [0.25, 0.3) is 10.0 Å². The highest BCUT2D eigenvalue weighted by atomic mass is 32.2. The van der Waals surface area contributed by atoms with Crippen molar-refractivity contribution in [2.45, 2.75) is 25.3 Å². The van der Waals surface area contributed by atoms with Crippen LogP contribution in [0.3, 0.4) is 0 Å². The van der Waals surface area contributed by atoms with Crippen molar-refractivity contribution in [1.29, 1.82) is 0 Å². The standard InChI is InChI=1S/C12H17N5O2S/c1-8-12(9(2)17(3)15-8)20(18,19)16-11-5-4-10(6-13)7-14-11/h4-5,7H,6,13H2,1-3H3,(H,14,16). The van der Waals surface area contributed by atoms with E-state index in [-0.39, 0.29) is 10.7 Å². The molecule has 0 aliphatic heterocycles. The van der Waals surface area contributed by atoms with Crippen molar-refractivity contribution >= 4 is 15.8 Å². The number of sulfonamides is 1. The lowest BCUT2D eigenvalue weighted by molar-refractivity contribution is 0.599. The molecule has 0 fully saturated rings. The van der Waals surface area contributed by atoms with Gasteiger partial charge in [-0.1, -0.05) is 6.07 Å². The number of pyridine rings is 1.